The highest BCUT2D eigenvalue weighted by Crippen LogP contribution is 2.19. The normalized spacial score (nSPS) is 13.7. The summed E-state index contributed by atoms with van der Waals surface area (Å²) in [4.78, 5) is 0. The smallest absolute Gasteiger partial charge is 0.119 e. The monoisotopic (exact) mass is 285 g/mol. The van der Waals surface area contributed by atoms with Gasteiger partial charge in [-0.1, -0.05) is 42.5 Å². The molecular formula is C18H23NO2. The number of aliphatic hydroxyl groups is 1. The zero-order valence-corrected chi connectivity index (χ0v) is 12.7. The van der Waals surface area contributed by atoms with E-state index in [4.69, 9.17) is 4.74 Å². The molecule has 2 rings (SSSR count). The van der Waals surface area contributed by atoms with Crippen LogP contribution in [0.15, 0.2) is 54.6 Å². The number of hydrogen-bond donors (Lipinski definition) is 2. The molecule has 0 fully saturated rings. The molecule has 0 radical (unpaired) electrons. The summed E-state index contributed by atoms with van der Waals surface area (Å²) in [6.45, 7) is 5.70. The van der Waals surface area contributed by atoms with Crippen LogP contribution in [0.25, 0.3) is 0 Å². The van der Waals surface area contributed by atoms with Crippen molar-refractivity contribution >= 4 is 0 Å². The van der Waals surface area contributed by atoms with Crippen molar-refractivity contribution in [2.45, 2.75) is 26.0 Å². The Morgan fingerprint density at radius 3 is 2.33 bits per heavy atom. The molecule has 2 aromatic rings. The Labute approximate surface area is 126 Å². The maximum Gasteiger partial charge on any atom is 0.119 e. The van der Waals surface area contributed by atoms with Crippen molar-refractivity contribution in [3.63, 3.8) is 0 Å². The molecule has 0 saturated carbocycles. The molecule has 0 saturated heterocycles. The van der Waals surface area contributed by atoms with E-state index in [-0.39, 0.29) is 0 Å². The fourth-order valence-corrected chi connectivity index (χ4v) is 2.22. The van der Waals surface area contributed by atoms with Crippen LogP contribution in [0.1, 0.15) is 25.0 Å². The highest BCUT2D eigenvalue weighted by Gasteiger charge is 2.21. The molecular weight excluding hydrogens is 262 g/mol. The minimum Gasteiger partial charge on any atom is -0.494 e. The van der Waals surface area contributed by atoms with Gasteiger partial charge < -0.3 is 15.2 Å². The molecule has 0 aromatic heterocycles. The fraction of sp³-hybridized carbons (Fsp3) is 0.333. The predicted octanol–water partition coefficient (Wildman–Crippen LogP) is 3.08. The van der Waals surface area contributed by atoms with Crippen LogP contribution >= 0.6 is 0 Å². The number of rotatable bonds is 7. The van der Waals surface area contributed by atoms with Gasteiger partial charge >= 0.3 is 0 Å². The summed E-state index contributed by atoms with van der Waals surface area (Å²) in [5, 5.41) is 13.8. The molecule has 0 heterocycles. The van der Waals surface area contributed by atoms with Gasteiger partial charge in [0.05, 0.1) is 12.2 Å². The van der Waals surface area contributed by atoms with Gasteiger partial charge in [-0.3, -0.25) is 0 Å². The van der Waals surface area contributed by atoms with Crippen molar-refractivity contribution in [3.05, 3.63) is 65.7 Å². The number of benzene rings is 2. The molecule has 1 atom stereocenters. The Hall–Kier alpha value is -1.84. The van der Waals surface area contributed by atoms with Crippen molar-refractivity contribution in [1.29, 1.82) is 0 Å². The van der Waals surface area contributed by atoms with E-state index < -0.39 is 5.60 Å². The van der Waals surface area contributed by atoms with Gasteiger partial charge in [0.1, 0.15) is 5.75 Å². The standard InChI is InChI=1S/C18H23NO2/c1-3-21-17-11-9-15(10-12-17)13-19-14-18(2,20)16-7-5-4-6-8-16/h4-12,19-20H,3,13-14H2,1-2H3. The third kappa shape index (κ3) is 4.59. The Bertz CT molecular complexity index is 535. The molecule has 2 aromatic carbocycles. The largest absolute Gasteiger partial charge is 0.494 e. The first-order valence-electron chi connectivity index (χ1n) is 7.32. The molecule has 0 amide bonds. The Balaban J connectivity index is 1.86. The fourth-order valence-electron chi connectivity index (χ4n) is 2.22. The summed E-state index contributed by atoms with van der Waals surface area (Å²) in [5.74, 6) is 0.887. The van der Waals surface area contributed by atoms with E-state index in [1.807, 2.05) is 68.4 Å². The first-order valence-corrected chi connectivity index (χ1v) is 7.32. The minimum atomic E-state index is -0.869. The van der Waals surface area contributed by atoms with Crippen molar-refractivity contribution in [1.82, 2.24) is 5.32 Å². The third-order valence-electron chi connectivity index (χ3n) is 3.43. The van der Waals surface area contributed by atoms with Crippen molar-refractivity contribution in [2.24, 2.45) is 0 Å². The molecule has 0 bridgehead atoms. The summed E-state index contributed by atoms with van der Waals surface area (Å²) in [6, 6.07) is 17.7. The third-order valence-corrected chi connectivity index (χ3v) is 3.43. The topological polar surface area (TPSA) is 41.5 Å². The molecule has 0 spiro atoms. The molecule has 3 heteroatoms. The van der Waals surface area contributed by atoms with Crippen molar-refractivity contribution in [2.75, 3.05) is 13.2 Å². The average Bonchev–Trinajstić information content (AvgIpc) is 2.50. The molecule has 3 nitrogen and oxygen atoms in total. The van der Waals surface area contributed by atoms with E-state index in [0.717, 1.165) is 17.9 Å². The first-order chi connectivity index (χ1) is 10.1. The zero-order valence-electron chi connectivity index (χ0n) is 12.7. The van der Waals surface area contributed by atoms with Crippen LogP contribution in [-0.2, 0) is 12.1 Å². The zero-order chi connectivity index (χ0) is 15.1. The SMILES string of the molecule is CCOc1ccc(CNCC(C)(O)c2ccccc2)cc1. The maximum atomic E-state index is 10.5. The van der Waals surface area contributed by atoms with E-state index in [0.29, 0.717) is 13.2 Å². The van der Waals surface area contributed by atoms with Crippen LogP contribution in [0.4, 0.5) is 0 Å². The first kappa shape index (κ1) is 15.5. The Kier molecular flexibility index (Phi) is 5.37. The molecule has 112 valence electrons. The van der Waals surface area contributed by atoms with Crippen LogP contribution in [-0.4, -0.2) is 18.3 Å². The Morgan fingerprint density at radius 1 is 1.05 bits per heavy atom. The molecule has 0 aliphatic rings. The quantitative estimate of drug-likeness (QED) is 0.821. The molecule has 0 aliphatic carbocycles. The lowest BCUT2D eigenvalue weighted by Gasteiger charge is -2.24. The number of hydrogen-bond acceptors (Lipinski definition) is 3. The van der Waals surface area contributed by atoms with Crippen LogP contribution in [0.2, 0.25) is 0 Å². The van der Waals surface area contributed by atoms with Gasteiger partial charge in [-0.2, -0.15) is 0 Å². The van der Waals surface area contributed by atoms with E-state index in [1.165, 1.54) is 5.56 Å². The van der Waals surface area contributed by atoms with Crippen LogP contribution in [0.5, 0.6) is 5.75 Å². The molecule has 2 N–H and O–H groups in total. The van der Waals surface area contributed by atoms with Crippen molar-refractivity contribution < 1.29 is 9.84 Å². The summed E-state index contributed by atoms with van der Waals surface area (Å²) >= 11 is 0. The summed E-state index contributed by atoms with van der Waals surface area (Å²) in [7, 11) is 0. The van der Waals surface area contributed by atoms with Crippen LogP contribution < -0.4 is 10.1 Å². The highest BCUT2D eigenvalue weighted by atomic mass is 16.5. The minimum absolute atomic E-state index is 0.504. The average molecular weight is 285 g/mol. The lowest BCUT2D eigenvalue weighted by Crippen LogP contribution is -2.35. The molecule has 21 heavy (non-hydrogen) atoms. The molecule has 0 aliphatic heterocycles. The second-order valence-corrected chi connectivity index (χ2v) is 5.32. The second kappa shape index (κ2) is 7.25. The highest BCUT2D eigenvalue weighted by molar-refractivity contribution is 5.27. The predicted molar refractivity (Wildman–Crippen MR) is 85.3 cm³/mol. The summed E-state index contributed by atoms with van der Waals surface area (Å²) in [6.07, 6.45) is 0. The summed E-state index contributed by atoms with van der Waals surface area (Å²) < 4.78 is 5.42. The van der Waals surface area contributed by atoms with Gasteiger partial charge in [0.2, 0.25) is 0 Å². The number of ether oxygens (including phenoxy) is 1. The summed E-state index contributed by atoms with van der Waals surface area (Å²) in [5.41, 5.74) is 1.22. The second-order valence-electron chi connectivity index (χ2n) is 5.32. The van der Waals surface area contributed by atoms with Gasteiger partial charge in [-0.25, -0.2) is 0 Å². The molecule has 1 unspecified atom stereocenters. The lowest BCUT2D eigenvalue weighted by atomic mass is 9.96. The van der Waals surface area contributed by atoms with E-state index >= 15 is 0 Å². The Morgan fingerprint density at radius 2 is 1.71 bits per heavy atom. The number of nitrogens with one attached hydrogen (secondary N) is 1. The van der Waals surface area contributed by atoms with Gasteiger partial charge in [0, 0.05) is 13.1 Å². The van der Waals surface area contributed by atoms with Gasteiger partial charge in [-0.15, -0.1) is 0 Å². The van der Waals surface area contributed by atoms with Crippen molar-refractivity contribution in [3.8, 4) is 5.75 Å². The van der Waals surface area contributed by atoms with Gasteiger partial charge in [0.25, 0.3) is 0 Å². The van der Waals surface area contributed by atoms with Crippen LogP contribution in [0, 0.1) is 0 Å². The van der Waals surface area contributed by atoms with E-state index in [1.54, 1.807) is 0 Å². The van der Waals surface area contributed by atoms with Gasteiger partial charge in [0.15, 0.2) is 0 Å². The van der Waals surface area contributed by atoms with E-state index in [2.05, 4.69) is 5.32 Å². The maximum absolute atomic E-state index is 10.5. The lowest BCUT2D eigenvalue weighted by molar-refractivity contribution is 0.0567. The van der Waals surface area contributed by atoms with E-state index in [9.17, 15) is 5.11 Å². The van der Waals surface area contributed by atoms with Gasteiger partial charge in [-0.05, 0) is 37.1 Å². The van der Waals surface area contributed by atoms with Crippen LogP contribution in [0.3, 0.4) is 0 Å².